The molecule has 1 aliphatic rings. The van der Waals surface area contributed by atoms with E-state index in [9.17, 15) is 4.79 Å². The number of hydrogen-bond acceptors (Lipinski definition) is 3. The Bertz CT molecular complexity index is 552. The minimum Gasteiger partial charge on any atom is -0.493 e. The van der Waals surface area contributed by atoms with Gasteiger partial charge in [0, 0.05) is 29.5 Å². The smallest absolute Gasteiger partial charge is 0.223 e. The number of nitrogens with one attached hydrogen (secondary N) is 1. The summed E-state index contributed by atoms with van der Waals surface area (Å²) in [5.74, 6) is 1.26. The first-order chi connectivity index (χ1) is 10.3. The molecule has 0 radical (unpaired) electrons. The average molecular weight is 304 g/mol. The van der Waals surface area contributed by atoms with Crippen LogP contribution in [0.3, 0.4) is 0 Å². The number of benzene rings is 1. The minimum absolute atomic E-state index is 0.0108. The highest BCUT2D eigenvalue weighted by Crippen LogP contribution is 2.39. The third-order valence-electron chi connectivity index (χ3n) is 4.24. The molecular weight excluding hydrogens is 276 g/mol. The lowest BCUT2D eigenvalue weighted by molar-refractivity contribution is -0.124. The van der Waals surface area contributed by atoms with Gasteiger partial charge in [0.1, 0.15) is 5.75 Å². The van der Waals surface area contributed by atoms with Crippen molar-refractivity contribution in [2.45, 2.75) is 53.1 Å². The van der Waals surface area contributed by atoms with Crippen molar-refractivity contribution >= 4 is 5.91 Å². The van der Waals surface area contributed by atoms with Crippen molar-refractivity contribution < 1.29 is 9.53 Å². The van der Waals surface area contributed by atoms with Crippen molar-refractivity contribution in [2.24, 2.45) is 17.6 Å². The van der Waals surface area contributed by atoms with Crippen molar-refractivity contribution in [3.05, 3.63) is 28.8 Å². The molecule has 4 heteroatoms. The van der Waals surface area contributed by atoms with Crippen LogP contribution >= 0.6 is 0 Å². The number of carbonyl (C=O) groups excluding carboxylic acids is 1. The molecule has 1 aliphatic heterocycles. The van der Waals surface area contributed by atoms with Crippen LogP contribution in [0, 0.1) is 18.8 Å². The van der Waals surface area contributed by atoms with E-state index in [0.29, 0.717) is 12.5 Å². The van der Waals surface area contributed by atoms with Crippen LogP contribution in [0.1, 0.15) is 62.9 Å². The summed E-state index contributed by atoms with van der Waals surface area (Å²) < 4.78 is 5.92. The second-order valence-electron chi connectivity index (χ2n) is 6.90. The molecular formula is C18H28N2O2. The molecule has 4 nitrogen and oxygen atoms in total. The lowest BCUT2D eigenvalue weighted by Gasteiger charge is -2.31. The monoisotopic (exact) mass is 304 g/mol. The molecule has 1 heterocycles. The molecule has 0 saturated carbocycles. The van der Waals surface area contributed by atoms with Gasteiger partial charge in [-0.15, -0.1) is 0 Å². The van der Waals surface area contributed by atoms with Gasteiger partial charge >= 0.3 is 0 Å². The Kier molecular flexibility index (Phi) is 5.12. The first-order valence-electron chi connectivity index (χ1n) is 8.14. The molecule has 0 aromatic heterocycles. The summed E-state index contributed by atoms with van der Waals surface area (Å²) in [6.07, 6.45) is 0.797. The lowest BCUT2D eigenvalue weighted by Crippen LogP contribution is -2.35. The van der Waals surface area contributed by atoms with Gasteiger partial charge in [0.05, 0.1) is 12.6 Å². The van der Waals surface area contributed by atoms with Gasteiger partial charge in [0.25, 0.3) is 0 Å². The van der Waals surface area contributed by atoms with Gasteiger partial charge in [-0.1, -0.05) is 45.4 Å². The van der Waals surface area contributed by atoms with E-state index < -0.39 is 0 Å². The quantitative estimate of drug-likeness (QED) is 0.897. The fraction of sp³-hybridized carbons (Fsp3) is 0.611. The molecule has 1 amide bonds. The highest BCUT2D eigenvalue weighted by Gasteiger charge is 2.28. The summed E-state index contributed by atoms with van der Waals surface area (Å²) in [6, 6.07) is 4.16. The molecule has 22 heavy (non-hydrogen) atoms. The SMILES string of the molecule is Cc1cc2c(c(C(N)C(C)C)c1)OCCC2NC(=O)C(C)C. The van der Waals surface area contributed by atoms with Gasteiger partial charge < -0.3 is 15.8 Å². The number of fused-ring (bicyclic) bond motifs is 1. The predicted molar refractivity (Wildman–Crippen MR) is 88.8 cm³/mol. The summed E-state index contributed by atoms with van der Waals surface area (Å²) >= 11 is 0. The number of hydrogen-bond donors (Lipinski definition) is 2. The molecule has 0 aliphatic carbocycles. The van der Waals surface area contributed by atoms with Crippen molar-refractivity contribution in [3.8, 4) is 5.75 Å². The summed E-state index contributed by atoms with van der Waals surface area (Å²) in [5.41, 5.74) is 9.62. The molecule has 2 rings (SSSR count). The van der Waals surface area contributed by atoms with E-state index in [1.807, 2.05) is 13.8 Å². The Labute approximate surface area is 133 Å². The first-order valence-corrected chi connectivity index (χ1v) is 8.14. The second-order valence-corrected chi connectivity index (χ2v) is 6.90. The summed E-state index contributed by atoms with van der Waals surface area (Å²) in [6.45, 7) is 10.7. The average Bonchev–Trinajstić information content (AvgIpc) is 2.46. The molecule has 3 N–H and O–H groups in total. The van der Waals surface area contributed by atoms with Crippen LogP contribution in [0.25, 0.3) is 0 Å². The maximum absolute atomic E-state index is 12.1. The van der Waals surface area contributed by atoms with E-state index in [-0.39, 0.29) is 23.9 Å². The molecule has 2 atom stereocenters. The lowest BCUT2D eigenvalue weighted by atomic mass is 9.89. The van der Waals surface area contributed by atoms with Crippen molar-refractivity contribution in [3.63, 3.8) is 0 Å². The van der Waals surface area contributed by atoms with Crippen LogP contribution in [0.4, 0.5) is 0 Å². The standard InChI is InChI=1S/C18H28N2O2/c1-10(2)16(19)14-9-12(5)8-13-15(6-7-22-17(13)14)20-18(21)11(3)4/h8-11,15-16H,6-7,19H2,1-5H3,(H,20,21). The van der Waals surface area contributed by atoms with Crippen molar-refractivity contribution in [1.29, 1.82) is 0 Å². The Morgan fingerprint density at radius 1 is 1.32 bits per heavy atom. The van der Waals surface area contributed by atoms with E-state index in [1.54, 1.807) is 0 Å². The normalized spacial score (nSPS) is 18.8. The van der Waals surface area contributed by atoms with E-state index in [0.717, 1.165) is 28.9 Å². The van der Waals surface area contributed by atoms with E-state index in [2.05, 4.69) is 38.2 Å². The van der Waals surface area contributed by atoms with Gasteiger partial charge in [0.2, 0.25) is 5.91 Å². The van der Waals surface area contributed by atoms with Crippen LogP contribution in [0.15, 0.2) is 12.1 Å². The largest absolute Gasteiger partial charge is 0.493 e. The van der Waals surface area contributed by atoms with Crippen LogP contribution < -0.4 is 15.8 Å². The second kappa shape index (κ2) is 6.69. The van der Waals surface area contributed by atoms with E-state index in [4.69, 9.17) is 10.5 Å². The molecule has 1 aromatic rings. The predicted octanol–water partition coefficient (Wildman–Crippen LogP) is 3.25. The van der Waals surface area contributed by atoms with Crippen LogP contribution in [-0.2, 0) is 4.79 Å². The molecule has 1 aromatic carbocycles. The van der Waals surface area contributed by atoms with Crippen molar-refractivity contribution in [1.82, 2.24) is 5.32 Å². The third-order valence-corrected chi connectivity index (χ3v) is 4.24. The Balaban J connectivity index is 2.40. The van der Waals surface area contributed by atoms with E-state index >= 15 is 0 Å². The molecule has 2 unspecified atom stereocenters. The van der Waals surface area contributed by atoms with Gasteiger partial charge in [0.15, 0.2) is 0 Å². The number of rotatable bonds is 4. The zero-order valence-electron chi connectivity index (χ0n) is 14.3. The van der Waals surface area contributed by atoms with Crippen LogP contribution in [0.5, 0.6) is 5.75 Å². The number of ether oxygens (including phenoxy) is 1. The molecule has 0 spiro atoms. The highest BCUT2D eigenvalue weighted by atomic mass is 16.5. The van der Waals surface area contributed by atoms with Gasteiger partial charge in [-0.05, 0) is 12.8 Å². The minimum atomic E-state index is -0.0619. The summed E-state index contributed by atoms with van der Waals surface area (Å²) in [7, 11) is 0. The van der Waals surface area contributed by atoms with Gasteiger partial charge in [-0.3, -0.25) is 4.79 Å². The Morgan fingerprint density at radius 3 is 2.59 bits per heavy atom. The third kappa shape index (κ3) is 3.43. The topological polar surface area (TPSA) is 64.3 Å². The van der Waals surface area contributed by atoms with Crippen LogP contribution in [-0.4, -0.2) is 12.5 Å². The number of aryl methyl sites for hydroxylation is 1. The molecule has 0 fully saturated rings. The Morgan fingerprint density at radius 2 is 2.00 bits per heavy atom. The molecule has 122 valence electrons. The Hall–Kier alpha value is -1.55. The maximum Gasteiger partial charge on any atom is 0.223 e. The summed E-state index contributed by atoms with van der Waals surface area (Å²) in [4.78, 5) is 12.1. The van der Waals surface area contributed by atoms with Gasteiger partial charge in [-0.25, -0.2) is 0 Å². The highest BCUT2D eigenvalue weighted by molar-refractivity contribution is 5.78. The summed E-state index contributed by atoms with van der Waals surface area (Å²) in [5, 5.41) is 3.14. The number of carbonyl (C=O) groups is 1. The number of amides is 1. The zero-order chi connectivity index (χ0) is 16.4. The fourth-order valence-corrected chi connectivity index (χ4v) is 2.78. The maximum atomic E-state index is 12.1. The molecule has 0 saturated heterocycles. The zero-order valence-corrected chi connectivity index (χ0v) is 14.3. The van der Waals surface area contributed by atoms with Crippen LogP contribution in [0.2, 0.25) is 0 Å². The fourth-order valence-electron chi connectivity index (χ4n) is 2.78. The van der Waals surface area contributed by atoms with E-state index in [1.165, 1.54) is 0 Å². The number of nitrogens with two attached hydrogens (primary N) is 1. The molecule has 0 bridgehead atoms. The van der Waals surface area contributed by atoms with Gasteiger partial charge in [-0.2, -0.15) is 0 Å². The first kappa shape index (κ1) is 16.8. The van der Waals surface area contributed by atoms with Crippen molar-refractivity contribution in [2.75, 3.05) is 6.61 Å².